The zero-order valence-corrected chi connectivity index (χ0v) is 24.8. The van der Waals surface area contributed by atoms with Crippen LogP contribution in [0.4, 0.5) is 4.79 Å². The number of allylic oxidation sites excluding steroid dienone is 1. The monoisotopic (exact) mass is 532 g/mol. The van der Waals surface area contributed by atoms with Crippen LogP contribution in [0.15, 0.2) is 23.3 Å². The van der Waals surface area contributed by atoms with Crippen LogP contribution in [0.2, 0.25) is 18.1 Å². The molecule has 7 nitrogen and oxygen atoms in total. The Hall–Kier alpha value is -1.93. The summed E-state index contributed by atoms with van der Waals surface area (Å²) in [5.74, 6) is -1.22. The lowest BCUT2D eigenvalue weighted by atomic mass is 9.48. The van der Waals surface area contributed by atoms with E-state index >= 15 is 0 Å². The summed E-state index contributed by atoms with van der Waals surface area (Å²) in [6, 6.07) is 2.84. The highest BCUT2D eigenvalue weighted by molar-refractivity contribution is 6.73. The zero-order chi connectivity index (χ0) is 27.6. The average Bonchev–Trinajstić information content (AvgIpc) is 3.17. The quantitative estimate of drug-likeness (QED) is 0.226. The van der Waals surface area contributed by atoms with Crippen LogP contribution in [0.5, 0.6) is 0 Å². The Kier molecular flexibility index (Phi) is 7.11. The number of ketones is 1. The number of rotatable bonds is 6. The van der Waals surface area contributed by atoms with Crippen LogP contribution in [0, 0.1) is 16.7 Å². The average molecular weight is 533 g/mol. The van der Waals surface area contributed by atoms with Crippen LogP contribution in [0.25, 0.3) is 0 Å². The minimum absolute atomic E-state index is 0.189. The van der Waals surface area contributed by atoms with E-state index in [0.29, 0.717) is 25.7 Å². The van der Waals surface area contributed by atoms with E-state index in [-0.39, 0.29) is 5.78 Å². The van der Waals surface area contributed by atoms with Crippen molar-refractivity contribution in [3.63, 3.8) is 0 Å². The molecule has 3 fully saturated rings. The lowest BCUT2D eigenvalue weighted by Crippen LogP contribution is -2.69. The summed E-state index contributed by atoms with van der Waals surface area (Å²) in [4.78, 5) is 40.2. The molecular formula is C29H44O7Si. The van der Waals surface area contributed by atoms with Crippen molar-refractivity contribution in [1.29, 1.82) is 0 Å². The smallest absolute Gasteiger partial charge is 0.450 e. The lowest BCUT2D eigenvalue weighted by Gasteiger charge is -2.59. The van der Waals surface area contributed by atoms with Crippen molar-refractivity contribution in [2.24, 2.45) is 16.7 Å². The second kappa shape index (κ2) is 9.37. The largest absolute Gasteiger partial charge is 0.509 e. The second-order valence-electron chi connectivity index (χ2n) is 12.3. The highest BCUT2D eigenvalue weighted by Gasteiger charge is 2.73. The minimum Gasteiger partial charge on any atom is -0.450 e. The molecule has 1 spiro atoms. The molecule has 0 N–H and O–H groups in total. The molecule has 2 saturated carbocycles. The molecule has 1 heterocycles. The van der Waals surface area contributed by atoms with E-state index in [0.717, 1.165) is 34.9 Å². The van der Waals surface area contributed by atoms with E-state index < -0.39 is 61.1 Å². The third-order valence-electron chi connectivity index (χ3n) is 10.4. The van der Waals surface area contributed by atoms with Gasteiger partial charge in [0.25, 0.3) is 0 Å². The highest BCUT2D eigenvalue weighted by atomic mass is 28.4. The van der Waals surface area contributed by atoms with Gasteiger partial charge in [-0.25, -0.2) is 4.79 Å². The van der Waals surface area contributed by atoms with Gasteiger partial charge in [-0.3, -0.25) is 9.59 Å². The molecular weight excluding hydrogens is 488 g/mol. The summed E-state index contributed by atoms with van der Waals surface area (Å²) in [6.07, 6.45) is -0.396. The number of Topliss-reactive ketones (excluding diaryl/α,β-unsaturated/α-hetero) is 1. The maximum atomic E-state index is 14.9. The standard InChI is InChI=1S/C29H44O7Si/c1-10-37(11-2,12-3)36-20-14-13-17(4)22-25-29(35-26(32)34-25)16-15-18(5)21(27(29,7)8)23(33-19(6)30)24(31)28(20,22)9/h20,22-23,25H,4,10-16H2,1-3,5-9H3/t20-,22-,23+,25-,28+,29+/m0/s1. The molecule has 206 valence electrons. The van der Waals surface area contributed by atoms with Crippen molar-refractivity contribution >= 4 is 26.2 Å². The molecule has 0 aromatic rings. The summed E-state index contributed by atoms with van der Waals surface area (Å²) in [7, 11) is -2.12. The third-order valence-corrected chi connectivity index (χ3v) is 15.1. The summed E-state index contributed by atoms with van der Waals surface area (Å²) in [5.41, 5.74) is -0.346. The van der Waals surface area contributed by atoms with Gasteiger partial charge in [-0.05, 0) is 63.2 Å². The van der Waals surface area contributed by atoms with Crippen molar-refractivity contribution in [1.82, 2.24) is 0 Å². The van der Waals surface area contributed by atoms with Gasteiger partial charge >= 0.3 is 12.1 Å². The maximum absolute atomic E-state index is 14.9. The molecule has 2 bridgehead atoms. The van der Waals surface area contributed by atoms with E-state index in [1.165, 1.54) is 6.92 Å². The molecule has 0 aromatic carbocycles. The lowest BCUT2D eigenvalue weighted by molar-refractivity contribution is -0.177. The topological polar surface area (TPSA) is 88.1 Å². The van der Waals surface area contributed by atoms with Crippen LogP contribution in [-0.2, 0) is 28.2 Å². The van der Waals surface area contributed by atoms with Crippen molar-refractivity contribution in [2.45, 2.75) is 123 Å². The molecule has 1 saturated heterocycles. The Bertz CT molecular complexity index is 1030. The molecule has 0 amide bonds. The predicted octanol–water partition coefficient (Wildman–Crippen LogP) is 6.27. The Morgan fingerprint density at radius 3 is 2.30 bits per heavy atom. The summed E-state index contributed by atoms with van der Waals surface area (Å²) in [6.45, 7) is 20.1. The number of fused-ring (bicyclic) bond motifs is 3. The van der Waals surface area contributed by atoms with Crippen LogP contribution in [0.1, 0.15) is 81.1 Å². The molecule has 0 unspecified atom stereocenters. The van der Waals surface area contributed by atoms with Crippen molar-refractivity contribution < 1.29 is 33.0 Å². The fourth-order valence-corrected chi connectivity index (χ4v) is 11.0. The number of ether oxygens (including phenoxy) is 3. The van der Waals surface area contributed by atoms with Gasteiger partial charge in [0.05, 0.1) is 11.5 Å². The first-order valence-corrected chi connectivity index (χ1v) is 16.4. The number of hydrogen-bond acceptors (Lipinski definition) is 7. The van der Waals surface area contributed by atoms with Gasteiger partial charge in [0.2, 0.25) is 0 Å². The van der Waals surface area contributed by atoms with Crippen LogP contribution < -0.4 is 0 Å². The van der Waals surface area contributed by atoms with E-state index in [1.54, 1.807) is 0 Å². The minimum atomic E-state index is -2.12. The Labute approximate surface area is 222 Å². The van der Waals surface area contributed by atoms with Gasteiger partial charge in [0.1, 0.15) is 0 Å². The van der Waals surface area contributed by atoms with Crippen molar-refractivity contribution in [2.75, 3.05) is 0 Å². The molecule has 0 aromatic heterocycles. The molecule has 6 atom stereocenters. The Morgan fingerprint density at radius 1 is 1.11 bits per heavy atom. The van der Waals surface area contributed by atoms with E-state index in [9.17, 15) is 14.4 Å². The first kappa shape index (κ1) is 28.1. The normalized spacial score (nSPS) is 37.1. The maximum Gasteiger partial charge on any atom is 0.509 e. The Morgan fingerprint density at radius 2 is 1.73 bits per heavy atom. The summed E-state index contributed by atoms with van der Waals surface area (Å²) < 4.78 is 25.1. The van der Waals surface area contributed by atoms with Crippen LogP contribution in [0.3, 0.4) is 0 Å². The molecule has 3 aliphatic carbocycles. The van der Waals surface area contributed by atoms with Gasteiger partial charge in [0, 0.05) is 18.3 Å². The highest BCUT2D eigenvalue weighted by Crippen LogP contribution is 2.64. The second-order valence-corrected chi connectivity index (χ2v) is 17.0. The Balaban J connectivity index is 2.00. The van der Waals surface area contributed by atoms with E-state index in [4.69, 9.17) is 18.6 Å². The molecule has 0 radical (unpaired) electrons. The zero-order valence-electron chi connectivity index (χ0n) is 23.8. The molecule has 8 heteroatoms. The van der Waals surface area contributed by atoms with Gasteiger partial charge < -0.3 is 18.6 Å². The predicted molar refractivity (Wildman–Crippen MR) is 142 cm³/mol. The molecule has 4 rings (SSSR count). The summed E-state index contributed by atoms with van der Waals surface area (Å²) in [5, 5.41) is 0. The van der Waals surface area contributed by atoms with E-state index in [1.807, 2.05) is 27.7 Å². The summed E-state index contributed by atoms with van der Waals surface area (Å²) >= 11 is 0. The van der Waals surface area contributed by atoms with Gasteiger partial charge in [-0.2, -0.15) is 0 Å². The number of esters is 1. The number of carbonyl (C=O) groups excluding carboxylic acids is 3. The van der Waals surface area contributed by atoms with Gasteiger partial charge in [-0.1, -0.05) is 52.3 Å². The fourth-order valence-electron chi connectivity index (χ4n) is 7.99. The first-order valence-electron chi connectivity index (χ1n) is 13.9. The van der Waals surface area contributed by atoms with Crippen LogP contribution in [-0.4, -0.2) is 50.1 Å². The first-order chi connectivity index (χ1) is 17.2. The number of carbonyl (C=O) groups is 3. The number of hydrogen-bond donors (Lipinski definition) is 0. The van der Waals surface area contributed by atoms with Gasteiger partial charge in [-0.15, -0.1) is 0 Å². The van der Waals surface area contributed by atoms with Crippen molar-refractivity contribution in [3.8, 4) is 0 Å². The SMILES string of the molecule is C=C1CC[C@H](O[Si](CC)(CC)CC)[C@@]2(C)C(=O)[C@H](OC(C)=O)C3=C(C)CC[C@]4(OC(=O)O[C@H]4[C@H]12)C3(C)C. The van der Waals surface area contributed by atoms with E-state index in [2.05, 4.69) is 27.4 Å². The molecule has 4 aliphatic rings. The fraction of sp³-hybridized carbons (Fsp3) is 0.759. The molecule has 37 heavy (non-hydrogen) atoms. The van der Waals surface area contributed by atoms with Crippen LogP contribution >= 0.6 is 0 Å². The third kappa shape index (κ3) is 3.88. The van der Waals surface area contributed by atoms with Gasteiger partial charge in [0.15, 0.2) is 31.9 Å². The van der Waals surface area contributed by atoms with Crippen molar-refractivity contribution in [3.05, 3.63) is 23.3 Å². The molecule has 1 aliphatic heterocycles.